The van der Waals surface area contributed by atoms with E-state index in [2.05, 4.69) is 18.0 Å². The first-order valence-electron chi connectivity index (χ1n) is 12.4. The third-order valence-electron chi connectivity index (χ3n) is 6.84. The zero-order valence-corrected chi connectivity index (χ0v) is 19.9. The molecule has 0 radical (unpaired) electrons. The number of halogens is 1. The van der Waals surface area contributed by atoms with E-state index in [1.165, 1.54) is 12.1 Å². The Balaban J connectivity index is 1.49. The second-order valence-corrected chi connectivity index (χ2v) is 9.29. The zero-order chi connectivity index (χ0) is 23.9. The molecular formula is C28H34FN3O2. The number of aromatic nitrogens is 1. The number of nitrogens with zero attached hydrogens (tertiary/aromatic N) is 2. The minimum Gasteiger partial charge on any atom is -0.361 e. The van der Waals surface area contributed by atoms with Gasteiger partial charge in [-0.3, -0.25) is 9.59 Å². The second-order valence-electron chi connectivity index (χ2n) is 9.29. The monoisotopic (exact) mass is 463 g/mol. The molecule has 0 atom stereocenters. The number of H-pyrrole nitrogens is 1. The summed E-state index contributed by atoms with van der Waals surface area (Å²) in [5, 5.41) is 1.15. The van der Waals surface area contributed by atoms with Crippen LogP contribution in [0, 0.1) is 11.7 Å². The molecule has 0 bridgehead atoms. The smallest absolute Gasteiger partial charge is 0.242 e. The standard InChI is InChI=1S/C28H34FN3O2/c1-2-3-16-32(28(34)22-7-6-8-22)20-27(33)31(19-21-11-13-24(29)14-12-21)17-15-23-18-30-26-10-5-4-9-25(23)26/h4-5,9-14,18,22,30H,2-3,6-8,15-17,19-20H2,1H3. The summed E-state index contributed by atoms with van der Waals surface area (Å²) < 4.78 is 13.4. The molecule has 1 fully saturated rings. The first kappa shape index (κ1) is 24.0. The van der Waals surface area contributed by atoms with Crippen LogP contribution < -0.4 is 0 Å². The summed E-state index contributed by atoms with van der Waals surface area (Å²) in [7, 11) is 0. The molecule has 0 aliphatic heterocycles. The van der Waals surface area contributed by atoms with Crippen LogP contribution in [0.3, 0.4) is 0 Å². The predicted octanol–water partition coefficient (Wildman–Crippen LogP) is 5.31. The van der Waals surface area contributed by atoms with Gasteiger partial charge >= 0.3 is 0 Å². The van der Waals surface area contributed by atoms with Crippen LogP contribution in [-0.2, 0) is 22.6 Å². The first-order chi connectivity index (χ1) is 16.5. The van der Waals surface area contributed by atoms with E-state index in [-0.39, 0.29) is 30.1 Å². The summed E-state index contributed by atoms with van der Waals surface area (Å²) in [6.07, 6.45) is 7.50. The number of carbonyl (C=O) groups excluding carboxylic acids is 2. The zero-order valence-electron chi connectivity index (χ0n) is 19.9. The Kier molecular flexibility index (Phi) is 7.99. The number of amides is 2. The Hall–Kier alpha value is -3.15. The van der Waals surface area contributed by atoms with Crippen LogP contribution in [0.15, 0.2) is 54.7 Å². The molecule has 2 amide bonds. The van der Waals surface area contributed by atoms with Gasteiger partial charge in [0.1, 0.15) is 5.82 Å². The molecule has 1 aromatic heterocycles. The molecule has 0 unspecified atom stereocenters. The van der Waals surface area contributed by atoms with Crippen LogP contribution in [0.5, 0.6) is 0 Å². The summed E-state index contributed by atoms with van der Waals surface area (Å²) in [5.41, 5.74) is 3.10. The molecule has 0 saturated heterocycles. The topological polar surface area (TPSA) is 56.4 Å². The fourth-order valence-corrected chi connectivity index (χ4v) is 4.49. The Morgan fingerprint density at radius 3 is 2.50 bits per heavy atom. The van der Waals surface area contributed by atoms with Gasteiger partial charge in [-0.1, -0.05) is 50.1 Å². The molecule has 1 heterocycles. The van der Waals surface area contributed by atoms with Crippen LogP contribution >= 0.6 is 0 Å². The highest BCUT2D eigenvalue weighted by Crippen LogP contribution is 2.28. The largest absolute Gasteiger partial charge is 0.361 e. The number of fused-ring (bicyclic) bond motifs is 1. The van der Waals surface area contributed by atoms with Crippen molar-refractivity contribution in [3.63, 3.8) is 0 Å². The van der Waals surface area contributed by atoms with Gasteiger partial charge in [0.15, 0.2) is 0 Å². The van der Waals surface area contributed by atoms with Crippen LogP contribution in [0.25, 0.3) is 10.9 Å². The second kappa shape index (κ2) is 11.3. The third-order valence-corrected chi connectivity index (χ3v) is 6.84. The Bertz CT molecular complexity index is 1100. The molecule has 4 rings (SSSR count). The highest BCUT2D eigenvalue weighted by Gasteiger charge is 2.31. The fourth-order valence-electron chi connectivity index (χ4n) is 4.49. The van der Waals surface area contributed by atoms with E-state index in [1.807, 2.05) is 29.3 Å². The van der Waals surface area contributed by atoms with Gasteiger partial charge in [0.2, 0.25) is 11.8 Å². The molecule has 1 N–H and O–H groups in total. The summed E-state index contributed by atoms with van der Waals surface area (Å²) in [6, 6.07) is 14.4. The number of unbranched alkanes of at least 4 members (excludes halogenated alkanes) is 1. The summed E-state index contributed by atoms with van der Waals surface area (Å²) >= 11 is 0. The van der Waals surface area contributed by atoms with Gasteiger partial charge in [-0.05, 0) is 55.0 Å². The SMILES string of the molecule is CCCCN(CC(=O)N(CCc1c[nH]c2ccccc12)Cc1ccc(F)cc1)C(=O)C1CCC1. The normalized spacial score (nSPS) is 13.6. The lowest BCUT2D eigenvalue weighted by molar-refractivity contribution is -0.145. The van der Waals surface area contributed by atoms with E-state index >= 15 is 0 Å². The number of carbonyl (C=O) groups is 2. The first-order valence-corrected chi connectivity index (χ1v) is 12.4. The maximum Gasteiger partial charge on any atom is 0.242 e. The Morgan fingerprint density at radius 1 is 1.03 bits per heavy atom. The predicted molar refractivity (Wildman–Crippen MR) is 133 cm³/mol. The molecule has 1 aliphatic rings. The Morgan fingerprint density at radius 2 is 1.79 bits per heavy atom. The van der Waals surface area contributed by atoms with E-state index in [0.717, 1.165) is 54.1 Å². The number of rotatable bonds is 11. The summed E-state index contributed by atoms with van der Waals surface area (Å²) in [5.74, 6) is -0.168. The van der Waals surface area contributed by atoms with Gasteiger partial charge in [0.05, 0.1) is 6.54 Å². The van der Waals surface area contributed by atoms with Crippen molar-refractivity contribution < 1.29 is 14.0 Å². The van der Waals surface area contributed by atoms with Crippen LogP contribution in [0.2, 0.25) is 0 Å². The molecule has 1 aliphatic carbocycles. The van der Waals surface area contributed by atoms with E-state index in [9.17, 15) is 14.0 Å². The molecule has 6 heteroatoms. The summed E-state index contributed by atoms with van der Waals surface area (Å²) in [4.78, 5) is 33.3. The summed E-state index contributed by atoms with van der Waals surface area (Å²) in [6.45, 7) is 3.72. The minimum absolute atomic E-state index is 0.0621. The average molecular weight is 464 g/mol. The number of hydrogen-bond acceptors (Lipinski definition) is 2. The lowest BCUT2D eigenvalue weighted by atomic mass is 9.84. The van der Waals surface area contributed by atoms with Gasteiger partial charge in [-0.25, -0.2) is 4.39 Å². The van der Waals surface area contributed by atoms with Crippen molar-refractivity contribution in [2.24, 2.45) is 5.92 Å². The van der Waals surface area contributed by atoms with E-state index in [0.29, 0.717) is 26.1 Å². The molecule has 180 valence electrons. The van der Waals surface area contributed by atoms with Crippen molar-refractivity contribution >= 4 is 22.7 Å². The van der Waals surface area contributed by atoms with Crippen molar-refractivity contribution in [3.8, 4) is 0 Å². The number of hydrogen-bond donors (Lipinski definition) is 1. The minimum atomic E-state index is -0.294. The maximum absolute atomic E-state index is 13.5. The molecular weight excluding hydrogens is 429 g/mol. The van der Waals surface area contributed by atoms with Crippen molar-refractivity contribution in [2.75, 3.05) is 19.6 Å². The van der Waals surface area contributed by atoms with Gasteiger partial charge in [-0.15, -0.1) is 0 Å². The van der Waals surface area contributed by atoms with E-state index in [1.54, 1.807) is 17.0 Å². The van der Waals surface area contributed by atoms with Gasteiger partial charge < -0.3 is 14.8 Å². The highest BCUT2D eigenvalue weighted by atomic mass is 19.1. The maximum atomic E-state index is 13.5. The van der Waals surface area contributed by atoms with Crippen LogP contribution in [-0.4, -0.2) is 46.2 Å². The molecule has 1 saturated carbocycles. The van der Waals surface area contributed by atoms with Crippen molar-refractivity contribution in [1.29, 1.82) is 0 Å². The number of para-hydroxylation sites is 1. The van der Waals surface area contributed by atoms with E-state index < -0.39 is 0 Å². The number of nitrogens with one attached hydrogen (secondary N) is 1. The highest BCUT2D eigenvalue weighted by molar-refractivity contribution is 5.86. The molecule has 3 aromatic rings. The molecule has 2 aromatic carbocycles. The Labute approximate surface area is 200 Å². The van der Waals surface area contributed by atoms with Crippen molar-refractivity contribution in [1.82, 2.24) is 14.8 Å². The quantitative estimate of drug-likeness (QED) is 0.419. The average Bonchev–Trinajstić information content (AvgIpc) is 3.22. The van der Waals surface area contributed by atoms with Gasteiger partial charge in [0.25, 0.3) is 0 Å². The lowest BCUT2D eigenvalue weighted by Gasteiger charge is -2.33. The van der Waals surface area contributed by atoms with Crippen LogP contribution in [0.1, 0.15) is 50.2 Å². The lowest BCUT2D eigenvalue weighted by Crippen LogP contribution is -2.46. The van der Waals surface area contributed by atoms with Crippen molar-refractivity contribution in [2.45, 2.75) is 52.0 Å². The van der Waals surface area contributed by atoms with Crippen LogP contribution in [0.4, 0.5) is 4.39 Å². The molecule has 0 spiro atoms. The fraction of sp³-hybridized carbons (Fsp3) is 0.429. The van der Waals surface area contributed by atoms with Crippen molar-refractivity contribution in [3.05, 3.63) is 71.7 Å². The number of benzene rings is 2. The van der Waals surface area contributed by atoms with Gasteiger partial charge in [-0.2, -0.15) is 0 Å². The molecule has 5 nitrogen and oxygen atoms in total. The molecule has 34 heavy (non-hydrogen) atoms. The van der Waals surface area contributed by atoms with E-state index in [4.69, 9.17) is 0 Å². The third kappa shape index (κ3) is 5.85. The van der Waals surface area contributed by atoms with Gasteiger partial charge in [0, 0.05) is 42.7 Å². The number of aromatic amines is 1.